The normalized spacial score (nSPS) is 11.1. The molecule has 35 heavy (non-hydrogen) atoms. The molecule has 0 aliphatic heterocycles. The summed E-state index contributed by atoms with van der Waals surface area (Å²) in [5, 5.41) is 2.82. The van der Waals surface area contributed by atoms with E-state index in [4.69, 9.17) is 10.5 Å². The van der Waals surface area contributed by atoms with Gasteiger partial charge in [-0.1, -0.05) is 32.0 Å². The molecule has 3 N–H and O–H groups in total. The monoisotopic (exact) mass is 481 g/mol. The Morgan fingerprint density at radius 2 is 1.63 bits per heavy atom. The molecular weight excluding hydrogens is 452 g/mol. The number of halogens is 2. The van der Waals surface area contributed by atoms with Gasteiger partial charge in [-0.3, -0.25) is 9.59 Å². The highest BCUT2D eigenvalue weighted by molar-refractivity contribution is 6.04. The molecule has 2 amide bonds. The lowest BCUT2D eigenvalue weighted by Crippen LogP contribution is -2.41. The fourth-order valence-electron chi connectivity index (χ4n) is 3.52. The average molecular weight is 482 g/mol. The second-order valence-electron chi connectivity index (χ2n) is 9.07. The number of benzene rings is 3. The molecule has 0 bridgehead atoms. The molecule has 0 saturated heterocycles. The molecule has 3 aromatic carbocycles. The van der Waals surface area contributed by atoms with Crippen molar-refractivity contribution in [3.05, 3.63) is 95.1 Å². The number of nitrogens with two attached hydrogens (primary N) is 1. The van der Waals surface area contributed by atoms with E-state index in [0.29, 0.717) is 23.5 Å². The van der Waals surface area contributed by atoms with Gasteiger partial charge in [-0.25, -0.2) is 8.78 Å². The van der Waals surface area contributed by atoms with E-state index < -0.39 is 23.0 Å². The highest BCUT2D eigenvalue weighted by Crippen LogP contribution is 2.22. The van der Waals surface area contributed by atoms with Gasteiger partial charge in [0, 0.05) is 36.0 Å². The summed E-state index contributed by atoms with van der Waals surface area (Å²) in [6.07, 6.45) is 0. The Kier molecular flexibility index (Phi) is 8.19. The smallest absolute Gasteiger partial charge is 0.255 e. The molecule has 0 radical (unpaired) electrons. The molecule has 0 atom stereocenters. The SMILES string of the molecule is COc1cccc(C(=O)Nc2ccc(CN(CC(C)(C)CN)C(=O)c3cc(F)cc(F)c3)cc2)c1. The molecular formula is C27H29F2N3O3. The first-order chi connectivity index (χ1) is 16.6. The second kappa shape index (κ2) is 11.1. The predicted molar refractivity (Wildman–Crippen MR) is 131 cm³/mol. The summed E-state index contributed by atoms with van der Waals surface area (Å²) < 4.78 is 32.6. The fourth-order valence-corrected chi connectivity index (χ4v) is 3.52. The van der Waals surface area contributed by atoms with E-state index in [1.54, 1.807) is 48.5 Å². The van der Waals surface area contributed by atoms with Crippen molar-refractivity contribution < 1.29 is 23.1 Å². The number of carbonyl (C=O) groups excluding carboxylic acids is 2. The minimum absolute atomic E-state index is 0.0718. The molecule has 8 heteroatoms. The van der Waals surface area contributed by atoms with Crippen LogP contribution in [0.1, 0.15) is 40.1 Å². The Bertz CT molecular complexity index is 1180. The number of amides is 2. The van der Waals surface area contributed by atoms with E-state index >= 15 is 0 Å². The summed E-state index contributed by atoms with van der Waals surface area (Å²) in [6, 6.07) is 16.6. The number of nitrogens with one attached hydrogen (secondary N) is 1. The molecule has 3 rings (SSSR count). The van der Waals surface area contributed by atoms with Crippen LogP contribution >= 0.6 is 0 Å². The van der Waals surface area contributed by atoms with Gasteiger partial charge in [0.1, 0.15) is 17.4 Å². The van der Waals surface area contributed by atoms with E-state index in [-0.39, 0.29) is 24.6 Å². The first-order valence-corrected chi connectivity index (χ1v) is 11.1. The Hall–Kier alpha value is -3.78. The van der Waals surface area contributed by atoms with Crippen LogP contribution in [0.3, 0.4) is 0 Å². The summed E-state index contributed by atoms with van der Waals surface area (Å²) in [6.45, 7) is 4.64. The first kappa shape index (κ1) is 25.8. The fraction of sp³-hybridized carbons (Fsp3) is 0.259. The van der Waals surface area contributed by atoms with Gasteiger partial charge in [0.2, 0.25) is 0 Å². The summed E-state index contributed by atoms with van der Waals surface area (Å²) in [4.78, 5) is 27.2. The van der Waals surface area contributed by atoms with E-state index in [1.165, 1.54) is 12.0 Å². The van der Waals surface area contributed by atoms with Crippen molar-refractivity contribution in [2.24, 2.45) is 11.1 Å². The maximum absolute atomic E-state index is 13.7. The highest BCUT2D eigenvalue weighted by atomic mass is 19.1. The van der Waals surface area contributed by atoms with Crippen molar-refractivity contribution >= 4 is 17.5 Å². The summed E-state index contributed by atoms with van der Waals surface area (Å²) in [5.74, 6) is -1.84. The number of anilines is 1. The molecule has 0 aromatic heterocycles. The van der Waals surface area contributed by atoms with Gasteiger partial charge in [-0.2, -0.15) is 0 Å². The summed E-state index contributed by atoms with van der Waals surface area (Å²) in [5.41, 5.74) is 7.19. The Balaban J connectivity index is 1.77. The number of hydrogen-bond donors (Lipinski definition) is 2. The topological polar surface area (TPSA) is 84.7 Å². The van der Waals surface area contributed by atoms with Crippen molar-refractivity contribution in [1.82, 2.24) is 4.90 Å². The number of methoxy groups -OCH3 is 1. The lowest BCUT2D eigenvalue weighted by Gasteiger charge is -2.32. The summed E-state index contributed by atoms with van der Waals surface area (Å²) >= 11 is 0. The number of nitrogens with zero attached hydrogens (tertiary/aromatic N) is 1. The minimum atomic E-state index is -0.817. The predicted octanol–water partition coefficient (Wildman–Crippen LogP) is 4.85. The molecule has 0 spiro atoms. The third kappa shape index (κ3) is 7.10. The third-order valence-corrected chi connectivity index (χ3v) is 5.49. The molecule has 0 fully saturated rings. The largest absolute Gasteiger partial charge is 0.497 e. The van der Waals surface area contributed by atoms with Crippen molar-refractivity contribution in [3.8, 4) is 5.75 Å². The molecule has 0 heterocycles. The van der Waals surface area contributed by atoms with Gasteiger partial charge in [0.25, 0.3) is 11.8 Å². The van der Waals surface area contributed by atoms with Crippen LogP contribution < -0.4 is 15.8 Å². The van der Waals surface area contributed by atoms with E-state index in [9.17, 15) is 18.4 Å². The molecule has 6 nitrogen and oxygen atoms in total. The zero-order valence-corrected chi connectivity index (χ0v) is 20.0. The van der Waals surface area contributed by atoms with Gasteiger partial charge >= 0.3 is 0 Å². The molecule has 184 valence electrons. The minimum Gasteiger partial charge on any atom is -0.497 e. The highest BCUT2D eigenvalue weighted by Gasteiger charge is 2.25. The van der Waals surface area contributed by atoms with Gasteiger partial charge in [-0.05, 0) is 60.0 Å². The molecule has 0 aliphatic rings. The lowest BCUT2D eigenvalue weighted by atomic mass is 9.92. The molecule has 3 aromatic rings. The molecule has 0 saturated carbocycles. The van der Waals surface area contributed by atoms with Crippen molar-refractivity contribution in [1.29, 1.82) is 0 Å². The van der Waals surface area contributed by atoms with Crippen LogP contribution in [0, 0.1) is 17.0 Å². The number of ether oxygens (including phenoxy) is 1. The third-order valence-electron chi connectivity index (χ3n) is 5.49. The summed E-state index contributed by atoms with van der Waals surface area (Å²) in [7, 11) is 1.53. The number of hydrogen-bond acceptors (Lipinski definition) is 4. The Morgan fingerprint density at radius 1 is 0.971 bits per heavy atom. The quantitative estimate of drug-likeness (QED) is 0.458. The van der Waals surface area contributed by atoms with E-state index in [0.717, 1.165) is 23.8 Å². The van der Waals surface area contributed by atoms with Gasteiger partial charge in [0.05, 0.1) is 7.11 Å². The van der Waals surface area contributed by atoms with Crippen LogP contribution in [0.25, 0.3) is 0 Å². The van der Waals surface area contributed by atoms with Crippen molar-refractivity contribution in [3.63, 3.8) is 0 Å². The van der Waals surface area contributed by atoms with Crippen LogP contribution in [0.2, 0.25) is 0 Å². The van der Waals surface area contributed by atoms with Crippen LogP contribution in [-0.4, -0.2) is 36.9 Å². The van der Waals surface area contributed by atoms with Gasteiger partial charge < -0.3 is 20.7 Å². The Labute approximate surface area is 203 Å². The standard InChI is InChI=1S/C27H29F2N3O3/c1-27(2,16-30)17-32(26(34)20-11-21(28)14-22(29)12-20)15-18-7-9-23(10-8-18)31-25(33)19-5-4-6-24(13-19)35-3/h4-14H,15-17,30H2,1-3H3,(H,31,33). The zero-order valence-electron chi connectivity index (χ0n) is 20.0. The zero-order chi connectivity index (χ0) is 25.6. The van der Waals surface area contributed by atoms with Crippen LogP contribution in [0.4, 0.5) is 14.5 Å². The van der Waals surface area contributed by atoms with Crippen LogP contribution in [-0.2, 0) is 6.54 Å². The van der Waals surface area contributed by atoms with Crippen molar-refractivity contribution in [2.75, 3.05) is 25.5 Å². The van der Waals surface area contributed by atoms with Crippen LogP contribution in [0.15, 0.2) is 66.7 Å². The van der Waals surface area contributed by atoms with E-state index in [2.05, 4.69) is 5.32 Å². The van der Waals surface area contributed by atoms with E-state index in [1.807, 2.05) is 13.8 Å². The second-order valence-corrected chi connectivity index (χ2v) is 9.07. The molecule has 0 unspecified atom stereocenters. The van der Waals surface area contributed by atoms with Gasteiger partial charge in [0.15, 0.2) is 0 Å². The maximum Gasteiger partial charge on any atom is 0.255 e. The maximum atomic E-state index is 13.7. The Morgan fingerprint density at radius 3 is 2.23 bits per heavy atom. The number of rotatable bonds is 9. The van der Waals surface area contributed by atoms with Crippen LogP contribution in [0.5, 0.6) is 5.75 Å². The van der Waals surface area contributed by atoms with Gasteiger partial charge in [-0.15, -0.1) is 0 Å². The average Bonchev–Trinajstić information content (AvgIpc) is 2.83. The molecule has 0 aliphatic carbocycles. The van der Waals surface area contributed by atoms with Crippen molar-refractivity contribution in [2.45, 2.75) is 20.4 Å². The number of carbonyl (C=O) groups is 2. The first-order valence-electron chi connectivity index (χ1n) is 11.1. The lowest BCUT2D eigenvalue weighted by molar-refractivity contribution is 0.0672.